The molecule has 0 aromatic heterocycles. The van der Waals surface area contributed by atoms with Gasteiger partial charge in [-0.3, -0.25) is 4.79 Å². The fraction of sp³-hybridized carbons (Fsp3) is 0.316. The molecule has 0 saturated heterocycles. The van der Waals surface area contributed by atoms with Gasteiger partial charge in [-0.05, 0) is 49.7 Å². The summed E-state index contributed by atoms with van der Waals surface area (Å²) in [5.41, 5.74) is 2.33. The van der Waals surface area contributed by atoms with Crippen LogP contribution in [0.2, 0.25) is 0 Å². The zero-order valence-corrected chi connectivity index (χ0v) is 14.4. The summed E-state index contributed by atoms with van der Waals surface area (Å²) in [5, 5.41) is 3.32. The van der Waals surface area contributed by atoms with Crippen molar-refractivity contribution in [2.75, 3.05) is 14.2 Å². The largest absolute Gasteiger partial charge is 0.496 e. The molecule has 0 heterocycles. The molecule has 2 rings (SSSR count). The molecule has 4 nitrogen and oxygen atoms in total. The first-order valence-corrected chi connectivity index (χ1v) is 7.71. The van der Waals surface area contributed by atoms with Crippen molar-refractivity contribution in [3.05, 3.63) is 58.9 Å². The van der Waals surface area contributed by atoms with E-state index in [4.69, 9.17) is 9.47 Å². The lowest BCUT2D eigenvalue weighted by atomic mass is 10.0. The number of rotatable bonds is 7. The molecule has 24 heavy (non-hydrogen) atoms. The van der Waals surface area contributed by atoms with Crippen molar-refractivity contribution in [2.45, 2.75) is 26.4 Å². The summed E-state index contributed by atoms with van der Waals surface area (Å²) < 4.78 is 24.1. The highest BCUT2D eigenvalue weighted by molar-refractivity contribution is 5.94. The number of ether oxygens (including phenoxy) is 2. The van der Waals surface area contributed by atoms with E-state index in [9.17, 15) is 9.18 Å². The van der Waals surface area contributed by atoms with Gasteiger partial charge in [0, 0.05) is 23.7 Å². The van der Waals surface area contributed by atoms with E-state index in [2.05, 4.69) is 5.32 Å². The molecule has 2 aromatic rings. The van der Waals surface area contributed by atoms with Gasteiger partial charge in [0.1, 0.15) is 5.75 Å². The van der Waals surface area contributed by atoms with Gasteiger partial charge in [0.05, 0.1) is 14.2 Å². The Bertz CT molecular complexity index is 731. The van der Waals surface area contributed by atoms with E-state index in [-0.39, 0.29) is 23.4 Å². The van der Waals surface area contributed by atoms with Crippen molar-refractivity contribution in [3.63, 3.8) is 0 Å². The van der Waals surface area contributed by atoms with Crippen LogP contribution < -0.4 is 14.8 Å². The van der Waals surface area contributed by atoms with Crippen LogP contribution in [-0.2, 0) is 6.54 Å². The summed E-state index contributed by atoms with van der Waals surface area (Å²) in [4.78, 5) is 11.5. The van der Waals surface area contributed by atoms with Crippen LogP contribution in [0.25, 0.3) is 0 Å². The molecule has 5 heteroatoms. The molecule has 1 N–H and O–H groups in total. The molecule has 0 fully saturated rings. The average Bonchev–Trinajstić information content (AvgIpc) is 2.59. The second-order valence-electron chi connectivity index (χ2n) is 5.58. The fourth-order valence-electron chi connectivity index (χ4n) is 2.47. The lowest BCUT2D eigenvalue weighted by molar-refractivity contribution is 0.101. The van der Waals surface area contributed by atoms with E-state index in [1.54, 1.807) is 25.3 Å². The van der Waals surface area contributed by atoms with Crippen LogP contribution >= 0.6 is 0 Å². The van der Waals surface area contributed by atoms with Crippen LogP contribution in [-0.4, -0.2) is 20.0 Å². The van der Waals surface area contributed by atoms with Crippen LogP contribution in [0, 0.1) is 5.82 Å². The molecule has 0 saturated carbocycles. The molecule has 0 amide bonds. The number of halogens is 1. The van der Waals surface area contributed by atoms with Gasteiger partial charge in [0.25, 0.3) is 0 Å². The third-order valence-corrected chi connectivity index (χ3v) is 3.96. The van der Waals surface area contributed by atoms with Crippen LogP contribution in [0.5, 0.6) is 11.5 Å². The first-order valence-electron chi connectivity index (χ1n) is 7.71. The molecule has 0 aliphatic heterocycles. The molecule has 0 unspecified atom stereocenters. The lowest BCUT2D eigenvalue weighted by Gasteiger charge is -2.17. The second kappa shape index (κ2) is 7.93. The number of hydrogen-bond donors (Lipinski definition) is 1. The van der Waals surface area contributed by atoms with Crippen molar-refractivity contribution in [1.82, 2.24) is 5.32 Å². The highest BCUT2D eigenvalue weighted by Gasteiger charge is 2.12. The molecule has 128 valence electrons. The van der Waals surface area contributed by atoms with Crippen molar-refractivity contribution < 1.29 is 18.7 Å². The molecule has 0 radical (unpaired) electrons. The summed E-state index contributed by atoms with van der Waals surface area (Å²) >= 11 is 0. The maximum atomic E-state index is 13.8. The van der Waals surface area contributed by atoms with Gasteiger partial charge in [0.15, 0.2) is 17.3 Å². The Labute approximate surface area is 141 Å². The molecule has 0 aliphatic carbocycles. The van der Waals surface area contributed by atoms with E-state index < -0.39 is 0 Å². The van der Waals surface area contributed by atoms with Crippen molar-refractivity contribution >= 4 is 5.78 Å². The Morgan fingerprint density at radius 3 is 2.38 bits per heavy atom. The number of methoxy groups -OCH3 is 2. The van der Waals surface area contributed by atoms with E-state index in [0.29, 0.717) is 17.9 Å². The quantitative estimate of drug-likeness (QED) is 0.782. The topological polar surface area (TPSA) is 47.6 Å². The molecular weight excluding hydrogens is 309 g/mol. The third kappa shape index (κ3) is 4.11. The second-order valence-corrected chi connectivity index (χ2v) is 5.58. The van der Waals surface area contributed by atoms with E-state index in [1.165, 1.54) is 20.1 Å². The predicted molar refractivity (Wildman–Crippen MR) is 91.2 cm³/mol. The normalized spacial score (nSPS) is 11.9. The third-order valence-electron chi connectivity index (χ3n) is 3.96. The zero-order chi connectivity index (χ0) is 17.7. The summed E-state index contributed by atoms with van der Waals surface area (Å²) in [7, 11) is 3.03. The average molecular weight is 331 g/mol. The molecule has 2 aromatic carbocycles. The zero-order valence-electron chi connectivity index (χ0n) is 14.4. The minimum atomic E-state index is -0.389. The number of carbonyl (C=O) groups excluding carboxylic acids is 1. The number of nitrogens with one attached hydrogen (secondary N) is 1. The van der Waals surface area contributed by atoms with Gasteiger partial charge in [-0.25, -0.2) is 4.39 Å². The minimum absolute atomic E-state index is 0.00387. The molecule has 0 spiro atoms. The Balaban J connectivity index is 2.13. The van der Waals surface area contributed by atoms with E-state index >= 15 is 0 Å². The molecular formula is C19H22FNO3. The van der Waals surface area contributed by atoms with Crippen LogP contribution in [0.4, 0.5) is 4.39 Å². The SMILES string of the molecule is COc1ccc([C@@H](C)NCc2cc(C(C)=O)ccc2OC)cc1F. The Morgan fingerprint density at radius 1 is 1.12 bits per heavy atom. The minimum Gasteiger partial charge on any atom is -0.496 e. The number of carbonyl (C=O) groups is 1. The first-order chi connectivity index (χ1) is 11.5. The van der Waals surface area contributed by atoms with Gasteiger partial charge >= 0.3 is 0 Å². The van der Waals surface area contributed by atoms with Gasteiger partial charge in [-0.2, -0.15) is 0 Å². The Morgan fingerprint density at radius 2 is 1.79 bits per heavy atom. The van der Waals surface area contributed by atoms with Gasteiger partial charge in [-0.15, -0.1) is 0 Å². The molecule has 1 atom stereocenters. The number of benzene rings is 2. The molecule has 0 aliphatic rings. The monoisotopic (exact) mass is 331 g/mol. The van der Waals surface area contributed by atoms with Gasteiger partial charge in [-0.1, -0.05) is 6.07 Å². The summed E-state index contributed by atoms with van der Waals surface area (Å²) in [6.07, 6.45) is 0. The number of Topliss-reactive ketones (excluding diaryl/α,β-unsaturated/α-hetero) is 1. The Hall–Kier alpha value is -2.40. The van der Waals surface area contributed by atoms with E-state index in [1.807, 2.05) is 19.1 Å². The highest BCUT2D eigenvalue weighted by Crippen LogP contribution is 2.24. The summed E-state index contributed by atoms with van der Waals surface area (Å²) in [6.45, 7) is 3.98. The van der Waals surface area contributed by atoms with E-state index in [0.717, 1.165) is 11.1 Å². The van der Waals surface area contributed by atoms with Crippen LogP contribution in [0.15, 0.2) is 36.4 Å². The summed E-state index contributed by atoms with van der Waals surface area (Å²) in [6, 6.07) is 10.2. The van der Waals surface area contributed by atoms with Crippen molar-refractivity contribution in [1.29, 1.82) is 0 Å². The maximum Gasteiger partial charge on any atom is 0.165 e. The molecule has 0 bridgehead atoms. The van der Waals surface area contributed by atoms with Crippen LogP contribution in [0.1, 0.15) is 41.4 Å². The van der Waals surface area contributed by atoms with Crippen molar-refractivity contribution in [3.8, 4) is 11.5 Å². The standard InChI is InChI=1S/C19H22FNO3/c1-12(14-5-8-19(24-4)17(20)10-14)21-11-16-9-15(13(2)22)6-7-18(16)23-3/h5-10,12,21H,11H2,1-4H3/t12-/m1/s1. The lowest BCUT2D eigenvalue weighted by Crippen LogP contribution is -2.19. The first kappa shape index (κ1) is 17.9. The summed E-state index contributed by atoms with van der Waals surface area (Å²) in [5.74, 6) is 0.548. The predicted octanol–water partition coefficient (Wildman–Crippen LogP) is 3.90. The van der Waals surface area contributed by atoms with Gasteiger partial charge < -0.3 is 14.8 Å². The van der Waals surface area contributed by atoms with Gasteiger partial charge in [0.2, 0.25) is 0 Å². The fourth-order valence-corrected chi connectivity index (χ4v) is 2.47. The van der Waals surface area contributed by atoms with Crippen molar-refractivity contribution in [2.24, 2.45) is 0 Å². The Kier molecular flexibility index (Phi) is 5.93. The van der Waals surface area contributed by atoms with Crippen LogP contribution in [0.3, 0.4) is 0 Å². The number of hydrogen-bond acceptors (Lipinski definition) is 4. The highest BCUT2D eigenvalue weighted by atomic mass is 19.1. The number of ketones is 1. The maximum absolute atomic E-state index is 13.8. The smallest absolute Gasteiger partial charge is 0.165 e.